The first kappa shape index (κ1) is 20.8. The van der Waals surface area contributed by atoms with Crippen molar-refractivity contribution in [2.75, 3.05) is 19.6 Å². The minimum atomic E-state index is -0.322. The van der Waals surface area contributed by atoms with Crippen molar-refractivity contribution in [1.82, 2.24) is 15.6 Å². The predicted molar refractivity (Wildman–Crippen MR) is 99.9 cm³/mol. The largest absolute Gasteiger partial charge is 0.351 e. The molecule has 0 aliphatic carbocycles. The van der Waals surface area contributed by atoms with Gasteiger partial charge in [-0.25, -0.2) is 9.37 Å². The maximum atomic E-state index is 13.7. The molecule has 2 N–H and O–H groups in total. The van der Waals surface area contributed by atoms with Crippen LogP contribution in [0.15, 0.2) is 30.5 Å². The standard InChI is InChI=1S/C16H18FN3OS.2ClH/c17-13-4-2-1-3-12(13)16-20-10-14(22-16)15(21)19-8-6-11-5-7-18-9-11;;/h1-4,10-11,18H,5-9H2,(H,19,21);2*1H. The van der Waals surface area contributed by atoms with Gasteiger partial charge in [0.2, 0.25) is 0 Å². The second-order valence-corrected chi connectivity index (χ2v) is 6.44. The Morgan fingerprint density at radius 2 is 2.17 bits per heavy atom. The highest BCUT2D eigenvalue weighted by Crippen LogP contribution is 2.27. The number of carbonyl (C=O) groups is 1. The first-order chi connectivity index (χ1) is 10.7. The van der Waals surface area contributed by atoms with Gasteiger partial charge in [0.25, 0.3) is 5.91 Å². The van der Waals surface area contributed by atoms with Crippen LogP contribution in [0.25, 0.3) is 10.6 Å². The van der Waals surface area contributed by atoms with Gasteiger partial charge in [-0.2, -0.15) is 0 Å². The Bertz CT molecular complexity index is 662. The fourth-order valence-electron chi connectivity index (χ4n) is 2.58. The lowest BCUT2D eigenvalue weighted by Crippen LogP contribution is -2.25. The molecule has 1 unspecified atom stereocenters. The van der Waals surface area contributed by atoms with Gasteiger partial charge in [-0.05, 0) is 44.0 Å². The molecule has 1 aliphatic rings. The zero-order chi connectivity index (χ0) is 15.4. The molecule has 1 saturated heterocycles. The Hall–Kier alpha value is -1.21. The fraction of sp³-hybridized carbons (Fsp3) is 0.375. The van der Waals surface area contributed by atoms with E-state index in [2.05, 4.69) is 15.6 Å². The molecule has 132 valence electrons. The average Bonchev–Trinajstić information content (AvgIpc) is 3.19. The second kappa shape index (κ2) is 9.93. The van der Waals surface area contributed by atoms with E-state index in [1.165, 1.54) is 30.0 Å². The zero-order valence-corrected chi connectivity index (χ0v) is 15.4. The molecule has 24 heavy (non-hydrogen) atoms. The number of rotatable bonds is 5. The van der Waals surface area contributed by atoms with Crippen molar-refractivity contribution in [2.24, 2.45) is 5.92 Å². The maximum Gasteiger partial charge on any atom is 0.263 e. The van der Waals surface area contributed by atoms with Crippen molar-refractivity contribution in [3.05, 3.63) is 41.2 Å². The van der Waals surface area contributed by atoms with Crippen molar-refractivity contribution < 1.29 is 9.18 Å². The third-order valence-corrected chi connectivity index (χ3v) is 4.86. The number of halogens is 3. The molecule has 0 bridgehead atoms. The number of thiazole rings is 1. The molecule has 1 aromatic heterocycles. The van der Waals surface area contributed by atoms with Gasteiger partial charge < -0.3 is 10.6 Å². The van der Waals surface area contributed by atoms with E-state index in [0.717, 1.165) is 19.5 Å². The van der Waals surface area contributed by atoms with Crippen LogP contribution in [-0.2, 0) is 0 Å². The number of hydrogen-bond donors (Lipinski definition) is 2. The number of aromatic nitrogens is 1. The van der Waals surface area contributed by atoms with Crippen LogP contribution in [0, 0.1) is 11.7 Å². The van der Waals surface area contributed by atoms with Gasteiger partial charge in [-0.15, -0.1) is 36.2 Å². The molecule has 1 aliphatic heterocycles. The van der Waals surface area contributed by atoms with E-state index in [-0.39, 0.29) is 36.5 Å². The van der Waals surface area contributed by atoms with Crippen molar-refractivity contribution in [1.29, 1.82) is 0 Å². The van der Waals surface area contributed by atoms with Gasteiger partial charge in [0.1, 0.15) is 15.7 Å². The molecule has 1 amide bonds. The lowest BCUT2D eigenvalue weighted by molar-refractivity contribution is 0.0955. The van der Waals surface area contributed by atoms with Gasteiger partial charge in [-0.1, -0.05) is 12.1 Å². The topological polar surface area (TPSA) is 54.0 Å². The van der Waals surface area contributed by atoms with Crippen molar-refractivity contribution in [3.63, 3.8) is 0 Å². The molecule has 4 nitrogen and oxygen atoms in total. The van der Waals surface area contributed by atoms with Crippen molar-refractivity contribution >= 4 is 42.1 Å². The van der Waals surface area contributed by atoms with E-state index in [4.69, 9.17) is 0 Å². The third-order valence-electron chi connectivity index (χ3n) is 3.83. The summed E-state index contributed by atoms with van der Waals surface area (Å²) in [6.07, 6.45) is 3.67. The molecule has 2 heterocycles. The first-order valence-electron chi connectivity index (χ1n) is 7.43. The summed E-state index contributed by atoms with van der Waals surface area (Å²) in [4.78, 5) is 16.8. The maximum absolute atomic E-state index is 13.7. The molecule has 2 aromatic rings. The number of nitrogens with one attached hydrogen (secondary N) is 2. The first-order valence-corrected chi connectivity index (χ1v) is 8.25. The van der Waals surface area contributed by atoms with E-state index in [1.807, 2.05) is 0 Å². The molecule has 3 rings (SSSR count). The van der Waals surface area contributed by atoms with Gasteiger partial charge in [-0.3, -0.25) is 4.79 Å². The van der Waals surface area contributed by atoms with Gasteiger partial charge >= 0.3 is 0 Å². The van der Waals surface area contributed by atoms with Crippen LogP contribution in [0.3, 0.4) is 0 Å². The van der Waals surface area contributed by atoms with Crippen LogP contribution < -0.4 is 10.6 Å². The van der Waals surface area contributed by atoms with Crippen LogP contribution in [0.4, 0.5) is 4.39 Å². The normalized spacial score (nSPS) is 16.1. The summed E-state index contributed by atoms with van der Waals surface area (Å²) in [6, 6.07) is 6.46. The van der Waals surface area contributed by atoms with E-state index in [1.54, 1.807) is 18.2 Å². The van der Waals surface area contributed by atoms with Crippen molar-refractivity contribution in [3.8, 4) is 10.6 Å². The Balaban J connectivity index is 0.00000144. The second-order valence-electron chi connectivity index (χ2n) is 5.41. The van der Waals surface area contributed by atoms with E-state index in [0.29, 0.717) is 27.9 Å². The molecular formula is C16H20Cl2FN3OS. The molecule has 1 atom stereocenters. The van der Waals surface area contributed by atoms with E-state index in [9.17, 15) is 9.18 Å². The number of benzene rings is 1. The minimum Gasteiger partial charge on any atom is -0.351 e. The summed E-state index contributed by atoms with van der Waals surface area (Å²) in [7, 11) is 0. The van der Waals surface area contributed by atoms with Crippen LogP contribution in [0.2, 0.25) is 0 Å². The van der Waals surface area contributed by atoms with Crippen LogP contribution in [-0.4, -0.2) is 30.5 Å². The molecule has 0 radical (unpaired) electrons. The molecule has 1 aromatic carbocycles. The molecular weight excluding hydrogens is 372 g/mol. The summed E-state index contributed by atoms with van der Waals surface area (Å²) >= 11 is 1.22. The zero-order valence-electron chi connectivity index (χ0n) is 13.0. The number of amides is 1. The predicted octanol–water partition coefficient (Wildman–Crippen LogP) is 3.52. The van der Waals surface area contributed by atoms with Gasteiger partial charge in [0.15, 0.2) is 0 Å². The quantitative estimate of drug-likeness (QED) is 0.819. The highest BCUT2D eigenvalue weighted by Gasteiger charge is 2.16. The fourth-order valence-corrected chi connectivity index (χ4v) is 3.44. The number of hydrogen-bond acceptors (Lipinski definition) is 4. The molecule has 0 spiro atoms. The Kier molecular flexibility index (Phi) is 8.62. The summed E-state index contributed by atoms with van der Waals surface area (Å²) < 4.78 is 13.7. The number of nitrogens with zero attached hydrogens (tertiary/aromatic N) is 1. The Labute approximate surface area is 157 Å². The Morgan fingerprint density at radius 3 is 2.88 bits per heavy atom. The molecule has 0 saturated carbocycles. The summed E-state index contributed by atoms with van der Waals surface area (Å²) in [5.74, 6) is 0.194. The lowest BCUT2D eigenvalue weighted by atomic mass is 10.1. The molecule has 1 fully saturated rings. The smallest absolute Gasteiger partial charge is 0.263 e. The average molecular weight is 392 g/mol. The summed E-state index contributed by atoms with van der Waals surface area (Å²) in [5, 5.41) is 6.76. The van der Waals surface area contributed by atoms with Crippen molar-refractivity contribution in [2.45, 2.75) is 12.8 Å². The van der Waals surface area contributed by atoms with E-state index >= 15 is 0 Å². The summed E-state index contributed by atoms with van der Waals surface area (Å²) in [6.45, 7) is 2.77. The highest BCUT2D eigenvalue weighted by atomic mass is 35.5. The Morgan fingerprint density at radius 1 is 1.38 bits per heavy atom. The van der Waals surface area contributed by atoms with Crippen LogP contribution >= 0.6 is 36.2 Å². The monoisotopic (exact) mass is 391 g/mol. The summed E-state index contributed by atoms with van der Waals surface area (Å²) in [5.41, 5.74) is 0.434. The molecule has 8 heteroatoms. The highest BCUT2D eigenvalue weighted by molar-refractivity contribution is 7.16. The van der Waals surface area contributed by atoms with E-state index < -0.39 is 0 Å². The SMILES string of the molecule is Cl.Cl.O=C(NCCC1CCNC1)c1cnc(-c2ccccc2F)s1. The van der Waals surface area contributed by atoms with Gasteiger partial charge in [0, 0.05) is 12.1 Å². The van der Waals surface area contributed by atoms with Gasteiger partial charge in [0.05, 0.1) is 6.20 Å². The minimum absolute atomic E-state index is 0. The van der Waals surface area contributed by atoms with Crippen LogP contribution in [0.1, 0.15) is 22.5 Å². The lowest BCUT2D eigenvalue weighted by Gasteiger charge is -2.08. The van der Waals surface area contributed by atoms with Crippen LogP contribution in [0.5, 0.6) is 0 Å². The number of carbonyl (C=O) groups excluding carboxylic acids is 1. The third kappa shape index (κ3) is 5.14.